The lowest BCUT2D eigenvalue weighted by molar-refractivity contribution is 0.0871. The molecule has 4 rings (SSSR count). The molecule has 0 fully saturated rings. The largest absolute Gasteiger partial charge is 0.497 e. The number of benzene rings is 3. The first-order chi connectivity index (χ1) is 18.9. The number of halogens is 3. The topological polar surface area (TPSA) is 52.5 Å². The Morgan fingerprint density at radius 2 is 1.64 bits per heavy atom. The lowest BCUT2D eigenvalue weighted by Gasteiger charge is -2.39. The van der Waals surface area contributed by atoms with Gasteiger partial charge in [-0.25, -0.2) is 13.8 Å². The van der Waals surface area contributed by atoms with Crippen LogP contribution in [0.1, 0.15) is 28.7 Å². The Balaban J connectivity index is 1.84. The molecule has 0 spiro atoms. The summed E-state index contributed by atoms with van der Waals surface area (Å²) in [6, 6.07) is 18.0. The fraction of sp³-hybridized carbons (Fsp3) is 0.367. The SMILES string of the molecule is COc1ccc(CN(Cc2ccc(C)cc2OC)C2=N[C@](CF)(c3ccccc3F)C[C@@H](CI)O2)c(OC)c1. The van der Waals surface area contributed by atoms with Gasteiger partial charge in [-0.2, -0.15) is 0 Å². The average molecular weight is 651 g/mol. The van der Waals surface area contributed by atoms with Crippen LogP contribution < -0.4 is 14.2 Å². The number of hydrogen-bond acceptors (Lipinski definition) is 6. The van der Waals surface area contributed by atoms with Gasteiger partial charge in [0.15, 0.2) is 0 Å². The number of amidine groups is 1. The van der Waals surface area contributed by atoms with E-state index in [9.17, 15) is 4.39 Å². The van der Waals surface area contributed by atoms with Gasteiger partial charge in [0, 0.05) is 33.6 Å². The highest BCUT2D eigenvalue weighted by Gasteiger charge is 2.43. The second-order valence-electron chi connectivity index (χ2n) is 9.49. The van der Waals surface area contributed by atoms with Crippen molar-refractivity contribution in [2.75, 3.05) is 32.4 Å². The third-order valence-electron chi connectivity index (χ3n) is 6.85. The molecule has 0 saturated heterocycles. The summed E-state index contributed by atoms with van der Waals surface area (Å²) in [4.78, 5) is 6.73. The normalized spacial score (nSPS) is 18.6. The van der Waals surface area contributed by atoms with Gasteiger partial charge in [-0.15, -0.1) is 0 Å². The van der Waals surface area contributed by atoms with Crippen molar-refractivity contribution in [1.29, 1.82) is 0 Å². The maximum absolute atomic E-state index is 15.0. The molecular formula is C30H33F2IN2O4. The molecule has 1 heterocycles. The fourth-order valence-electron chi connectivity index (χ4n) is 4.79. The molecule has 1 aliphatic rings. The van der Waals surface area contributed by atoms with Crippen LogP contribution in [-0.2, 0) is 23.4 Å². The molecule has 1 aliphatic heterocycles. The lowest BCUT2D eigenvalue weighted by Crippen LogP contribution is -2.46. The number of hydrogen-bond donors (Lipinski definition) is 0. The van der Waals surface area contributed by atoms with Crippen LogP contribution in [-0.4, -0.2) is 49.5 Å². The molecule has 0 amide bonds. The van der Waals surface area contributed by atoms with E-state index in [0.29, 0.717) is 29.0 Å². The van der Waals surface area contributed by atoms with Gasteiger partial charge >= 0.3 is 0 Å². The van der Waals surface area contributed by atoms with Gasteiger partial charge in [0.25, 0.3) is 6.02 Å². The van der Waals surface area contributed by atoms with E-state index in [1.54, 1.807) is 39.5 Å². The van der Waals surface area contributed by atoms with E-state index in [4.69, 9.17) is 23.9 Å². The molecule has 3 aromatic carbocycles. The van der Waals surface area contributed by atoms with Crippen LogP contribution in [0, 0.1) is 12.7 Å². The highest BCUT2D eigenvalue weighted by Crippen LogP contribution is 2.39. The number of ether oxygens (including phenoxy) is 4. The number of rotatable bonds is 10. The number of aliphatic imine (C=N–C) groups is 1. The summed E-state index contributed by atoms with van der Waals surface area (Å²) in [5.41, 5.74) is 1.62. The number of methoxy groups -OCH3 is 3. The number of aryl methyl sites for hydroxylation is 1. The zero-order chi connectivity index (χ0) is 28.0. The summed E-state index contributed by atoms with van der Waals surface area (Å²) in [5, 5.41) is 0. The molecule has 0 N–H and O–H groups in total. The van der Waals surface area contributed by atoms with E-state index >= 15 is 4.39 Å². The Bertz CT molecular complexity index is 1320. The third kappa shape index (κ3) is 6.40. The highest BCUT2D eigenvalue weighted by atomic mass is 127. The van der Waals surface area contributed by atoms with Crippen LogP contribution in [0.25, 0.3) is 0 Å². The molecule has 39 heavy (non-hydrogen) atoms. The molecule has 0 bridgehead atoms. The molecule has 208 valence electrons. The summed E-state index contributed by atoms with van der Waals surface area (Å²) >= 11 is 2.21. The zero-order valence-electron chi connectivity index (χ0n) is 22.5. The summed E-state index contributed by atoms with van der Waals surface area (Å²) in [7, 11) is 4.82. The molecule has 6 nitrogen and oxygen atoms in total. The van der Waals surface area contributed by atoms with Crippen LogP contribution in [0.3, 0.4) is 0 Å². The van der Waals surface area contributed by atoms with Crippen molar-refractivity contribution in [2.24, 2.45) is 4.99 Å². The van der Waals surface area contributed by atoms with Crippen molar-refractivity contribution < 1.29 is 27.7 Å². The zero-order valence-corrected chi connectivity index (χ0v) is 24.7. The molecule has 0 radical (unpaired) electrons. The molecule has 2 atom stereocenters. The predicted octanol–water partition coefficient (Wildman–Crippen LogP) is 6.61. The summed E-state index contributed by atoms with van der Waals surface area (Å²) in [6.07, 6.45) is -0.140. The van der Waals surface area contributed by atoms with E-state index in [1.807, 2.05) is 48.2 Å². The van der Waals surface area contributed by atoms with Gasteiger partial charge in [0.1, 0.15) is 41.4 Å². The Morgan fingerprint density at radius 3 is 2.26 bits per heavy atom. The van der Waals surface area contributed by atoms with Crippen molar-refractivity contribution in [3.63, 3.8) is 0 Å². The number of alkyl halides is 2. The van der Waals surface area contributed by atoms with Gasteiger partial charge in [-0.05, 0) is 36.8 Å². The van der Waals surface area contributed by atoms with Crippen LogP contribution >= 0.6 is 22.6 Å². The minimum absolute atomic E-state index is 0.220. The van der Waals surface area contributed by atoms with E-state index in [-0.39, 0.29) is 24.1 Å². The Morgan fingerprint density at radius 1 is 0.974 bits per heavy atom. The van der Waals surface area contributed by atoms with Gasteiger partial charge < -0.3 is 23.8 Å². The van der Waals surface area contributed by atoms with Crippen LogP contribution in [0.5, 0.6) is 17.2 Å². The molecule has 0 saturated carbocycles. The van der Waals surface area contributed by atoms with Crippen molar-refractivity contribution in [3.05, 3.63) is 88.7 Å². The molecule has 0 aliphatic carbocycles. The maximum Gasteiger partial charge on any atom is 0.289 e. The van der Waals surface area contributed by atoms with E-state index < -0.39 is 18.0 Å². The quantitative estimate of drug-likeness (QED) is 0.183. The molecule has 0 unspecified atom stereocenters. The van der Waals surface area contributed by atoms with Gasteiger partial charge in [-0.1, -0.05) is 52.9 Å². The molecule has 0 aromatic heterocycles. The second kappa shape index (κ2) is 12.8. The molecular weight excluding hydrogens is 617 g/mol. The van der Waals surface area contributed by atoms with Crippen molar-refractivity contribution in [1.82, 2.24) is 4.90 Å². The van der Waals surface area contributed by atoms with Crippen LogP contribution in [0.4, 0.5) is 8.78 Å². The molecule has 3 aromatic rings. The first-order valence-corrected chi connectivity index (χ1v) is 14.1. The highest BCUT2D eigenvalue weighted by molar-refractivity contribution is 14.1. The van der Waals surface area contributed by atoms with Gasteiger partial charge in [0.05, 0.1) is 34.4 Å². The molecule has 9 heteroatoms. The Hall–Kier alpha value is -3.08. The smallest absolute Gasteiger partial charge is 0.289 e. The van der Waals surface area contributed by atoms with Crippen molar-refractivity contribution in [2.45, 2.75) is 38.1 Å². The van der Waals surface area contributed by atoms with Gasteiger partial charge in [0.2, 0.25) is 0 Å². The maximum atomic E-state index is 15.0. The van der Waals surface area contributed by atoms with E-state index in [0.717, 1.165) is 22.4 Å². The number of nitrogens with zero attached hydrogens (tertiary/aromatic N) is 2. The van der Waals surface area contributed by atoms with E-state index in [2.05, 4.69) is 22.6 Å². The lowest BCUT2D eigenvalue weighted by atomic mass is 9.85. The standard InChI is InChI=1S/C30H33F2IN2O4/c1-20-9-10-21(27(13-20)37-3)17-35(18-22-11-12-23(36-2)14-28(22)38-4)29-34-30(19-31,15-24(16-33)39-29)25-7-5-6-8-26(25)32/h5-14,24H,15-19H2,1-4H3/t24-,30+/m0/s1. The Labute approximate surface area is 242 Å². The summed E-state index contributed by atoms with van der Waals surface area (Å²) in [6.45, 7) is 1.82. The van der Waals surface area contributed by atoms with E-state index in [1.165, 1.54) is 6.07 Å². The average Bonchev–Trinajstić information content (AvgIpc) is 2.97. The van der Waals surface area contributed by atoms with Crippen LogP contribution in [0.15, 0.2) is 65.7 Å². The fourth-order valence-corrected chi connectivity index (χ4v) is 5.28. The predicted molar refractivity (Wildman–Crippen MR) is 156 cm³/mol. The second-order valence-corrected chi connectivity index (χ2v) is 10.4. The van der Waals surface area contributed by atoms with Crippen molar-refractivity contribution >= 4 is 28.6 Å². The summed E-state index contributed by atoms with van der Waals surface area (Å²) in [5.74, 6) is 1.52. The first kappa shape index (κ1) is 28.9. The van der Waals surface area contributed by atoms with Crippen LogP contribution in [0.2, 0.25) is 0 Å². The third-order valence-corrected chi connectivity index (χ3v) is 7.83. The minimum Gasteiger partial charge on any atom is -0.497 e. The van der Waals surface area contributed by atoms with Gasteiger partial charge in [-0.3, -0.25) is 0 Å². The van der Waals surface area contributed by atoms with Crippen molar-refractivity contribution in [3.8, 4) is 17.2 Å². The monoisotopic (exact) mass is 650 g/mol. The Kier molecular flexibility index (Phi) is 9.53. The first-order valence-electron chi connectivity index (χ1n) is 12.6. The summed E-state index contributed by atoms with van der Waals surface area (Å²) < 4.78 is 53.6. The minimum atomic E-state index is -1.41.